The molecule has 1 amide bonds. The minimum atomic E-state index is -0.554. The minimum absolute atomic E-state index is 0.289. The van der Waals surface area contributed by atoms with Gasteiger partial charge in [-0.05, 0) is 70.2 Å². The second-order valence-corrected chi connectivity index (χ2v) is 13.3. The van der Waals surface area contributed by atoms with Crippen molar-refractivity contribution >= 4 is 41.3 Å². The van der Waals surface area contributed by atoms with Crippen LogP contribution in [0.2, 0.25) is 0 Å². The molecule has 224 valence electrons. The topological polar surface area (TPSA) is 105 Å². The summed E-state index contributed by atoms with van der Waals surface area (Å²) < 4.78 is 19.1. The molecule has 11 heteroatoms. The highest BCUT2D eigenvalue weighted by Crippen LogP contribution is 2.38. The summed E-state index contributed by atoms with van der Waals surface area (Å²) in [7, 11) is -0.554. The summed E-state index contributed by atoms with van der Waals surface area (Å²) in [5, 5.41) is 3.35. The van der Waals surface area contributed by atoms with Crippen molar-refractivity contribution in [3.05, 3.63) is 36.0 Å². The number of hydrogen-bond acceptors (Lipinski definition) is 8. The van der Waals surface area contributed by atoms with Gasteiger partial charge in [-0.2, -0.15) is 0 Å². The average molecular weight is 575 g/mol. The summed E-state index contributed by atoms with van der Waals surface area (Å²) in [4.78, 5) is 29.6. The lowest BCUT2D eigenvalue weighted by molar-refractivity contribution is -0.134. The molecule has 1 aliphatic carbocycles. The lowest BCUT2D eigenvalue weighted by atomic mass is 9.78. The second-order valence-electron chi connectivity index (χ2n) is 13.3. The van der Waals surface area contributed by atoms with Crippen molar-refractivity contribution in [2.24, 2.45) is 11.8 Å². The van der Waals surface area contributed by atoms with Crippen LogP contribution in [0.3, 0.4) is 0 Å². The fourth-order valence-electron chi connectivity index (χ4n) is 5.42. The number of fused-ring (bicyclic) bond motifs is 1. The first-order valence-corrected chi connectivity index (χ1v) is 15.2. The number of nitrogens with zero attached hydrogens (tertiary/aromatic N) is 4. The van der Waals surface area contributed by atoms with E-state index in [9.17, 15) is 4.79 Å². The first-order chi connectivity index (χ1) is 20.0. The highest BCUT2D eigenvalue weighted by molar-refractivity contribution is 6.63. The summed E-state index contributed by atoms with van der Waals surface area (Å²) in [6.45, 7) is 17.2. The van der Waals surface area contributed by atoms with E-state index in [0.717, 1.165) is 67.6 Å². The smallest absolute Gasteiger partial charge is 0.491 e. The molecule has 1 aromatic carbocycles. The maximum absolute atomic E-state index is 12.4. The lowest BCUT2D eigenvalue weighted by Crippen LogP contribution is -2.48. The summed E-state index contributed by atoms with van der Waals surface area (Å²) >= 11 is 0. The molecule has 3 aliphatic rings. The van der Waals surface area contributed by atoms with E-state index in [0.29, 0.717) is 35.9 Å². The number of rotatable bonds is 9. The van der Waals surface area contributed by atoms with Crippen molar-refractivity contribution in [1.29, 1.82) is 0 Å². The van der Waals surface area contributed by atoms with Crippen LogP contribution in [-0.2, 0) is 20.6 Å². The fraction of sp³-hybridized carbons (Fsp3) is 0.581. The molecule has 0 spiro atoms. The van der Waals surface area contributed by atoms with Crippen LogP contribution in [0.5, 0.6) is 5.75 Å². The number of nitrogens with one attached hydrogen (secondary N) is 2. The molecule has 3 aromatic rings. The summed E-state index contributed by atoms with van der Waals surface area (Å²) in [5.41, 5.74) is 2.65. The molecule has 0 bridgehead atoms. The number of benzene rings is 1. The SMILES string of the molecule is CC(C)COc1c(B2OC(C)(C)C(C)(C)O2)ccc2[nH]c(Nc3cc(CN4CCN(C(=O)C5CC5)CC4)ccn3)nc12. The second kappa shape index (κ2) is 11.2. The van der Waals surface area contributed by atoms with Gasteiger partial charge in [-0.15, -0.1) is 0 Å². The molecular formula is C31H43BN6O4. The Morgan fingerprint density at radius 3 is 2.50 bits per heavy atom. The van der Waals surface area contributed by atoms with Crippen LogP contribution >= 0.6 is 0 Å². The van der Waals surface area contributed by atoms with Gasteiger partial charge in [0.15, 0.2) is 0 Å². The van der Waals surface area contributed by atoms with Crippen LogP contribution in [-0.4, -0.2) is 81.8 Å². The lowest BCUT2D eigenvalue weighted by Gasteiger charge is -2.34. The quantitative estimate of drug-likeness (QED) is 0.369. The number of pyridine rings is 1. The number of ether oxygens (including phenoxy) is 1. The third kappa shape index (κ3) is 6.00. The number of H-pyrrole nitrogens is 1. The standard InChI is InChI=1S/C31H43BN6O4/c1-20(2)19-40-27-23(32-41-30(3,4)31(5,6)42-32)9-10-24-26(27)36-29(34-24)35-25-17-21(11-12-33-25)18-37-13-15-38(16-14-37)28(39)22-7-8-22/h9-12,17,20,22H,7-8,13-16,18-19H2,1-6H3,(H2,33,34,35,36). The molecule has 2 N–H and O–H groups in total. The van der Waals surface area contributed by atoms with E-state index < -0.39 is 18.3 Å². The molecule has 4 heterocycles. The van der Waals surface area contributed by atoms with Gasteiger partial charge in [0.05, 0.1) is 23.3 Å². The third-order valence-corrected chi connectivity index (χ3v) is 8.79. The highest BCUT2D eigenvalue weighted by Gasteiger charge is 2.52. The van der Waals surface area contributed by atoms with Gasteiger partial charge < -0.3 is 29.2 Å². The molecule has 2 aromatic heterocycles. The summed E-state index contributed by atoms with van der Waals surface area (Å²) in [6.07, 6.45) is 3.94. The monoisotopic (exact) mass is 574 g/mol. The van der Waals surface area contributed by atoms with Gasteiger partial charge in [0.1, 0.15) is 17.1 Å². The number of carbonyl (C=O) groups is 1. The van der Waals surface area contributed by atoms with E-state index in [2.05, 4.69) is 40.1 Å². The van der Waals surface area contributed by atoms with Crippen molar-refractivity contribution < 1.29 is 18.8 Å². The van der Waals surface area contributed by atoms with E-state index in [4.69, 9.17) is 19.0 Å². The van der Waals surface area contributed by atoms with E-state index in [1.165, 1.54) is 0 Å². The minimum Gasteiger partial charge on any atom is -0.491 e. The van der Waals surface area contributed by atoms with Gasteiger partial charge in [-0.3, -0.25) is 9.69 Å². The Balaban J connectivity index is 1.18. The Morgan fingerprint density at radius 2 is 1.83 bits per heavy atom. The van der Waals surface area contributed by atoms with Gasteiger partial charge in [-0.25, -0.2) is 9.97 Å². The van der Waals surface area contributed by atoms with Gasteiger partial charge in [0.2, 0.25) is 11.9 Å². The zero-order valence-corrected chi connectivity index (χ0v) is 25.7. The molecule has 10 nitrogen and oxygen atoms in total. The molecule has 0 unspecified atom stereocenters. The van der Waals surface area contributed by atoms with E-state index in [1.54, 1.807) is 0 Å². The number of aromatic nitrogens is 3. The van der Waals surface area contributed by atoms with Crippen molar-refractivity contribution in [1.82, 2.24) is 24.8 Å². The van der Waals surface area contributed by atoms with Crippen LogP contribution in [0.25, 0.3) is 11.0 Å². The van der Waals surface area contributed by atoms with Crippen LogP contribution < -0.4 is 15.5 Å². The Hall–Kier alpha value is -3.15. The first-order valence-electron chi connectivity index (χ1n) is 15.2. The molecule has 6 rings (SSSR count). The Bertz CT molecular complexity index is 1430. The van der Waals surface area contributed by atoms with Crippen LogP contribution in [0, 0.1) is 11.8 Å². The predicted molar refractivity (Wildman–Crippen MR) is 164 cm³/mol. The maximum Gasteiger partial charge on any atom is 0.498 e. The molecule has 0 radical (unpaired) electrons. The zero-order valence-electron chi connectivity index (χ0n) is 25.7. The normalized spacial score (nSPS) is 20.5. The number of anilines is 2. The van der Waals surface area contributed by atoms with Gasteiger partial charge in [0.25, 0.3) is 0 Å². The van der Waals surface area contributed by atoms with Gasteiger partial charge >= 0.3 is 7.12 Å². The van der Waals surface area contributed by atoms with Gasteiger partial charge in [0, 0.05) is 50.3 Å². The number of imidazole rings is 1. The van der Waals surface area contributed by atoms with Crippen LogP contribution in [0.4, 0.5) is 11.8 Å². The summed E-state index contributed by atoms with van der Waals surface area (Å²) in [6, 6.07) is 8.09. The van der Waals surface area contributed by atoms with Crippen LogP contribution in [0.15, 0.2) is 30.5 Å². The van der Waals surface area contributed by atoms with E-state index >= 15 is 0 Å². The van der Waals surface area contributed by atoms with E-state index in [-0.39, 0.29) is 5.92 Å². The highest BCUT2D eigenvalue weighted by atomic mass is 16.7. The zero-order chi connectivity index (χ0) is 29.6. The van der Waals surface area contributed by atoms with E-state index in [1.807, 2.05) is 57.0 Å². The largest absolute Gasteiger partial charge is 0.498 e. The number of hydrogen-bond donors (Lipinski definition) is 2. The third-order valence-electron chi connectivity index (χ3n) is 8.79. The van der Waals surface area contributed by atoms with Gasteiger partial charge in [-0.1, -0.05) is 19.9 Å². The van der Waals surface area contributed by atoms with Crippen molar-refractivity contribution in [2.75, 3.05) is 38.1 Å². The molecule has 3 fully saturated rings. The summed E-state index contributed by atoms with van der Waals surface area (Å²) in [5.74, 6) is 2.95. The molecule has 0 atom stereocenters. The predicted octanol–water partition coefficient (Wildman–Crippen LogP) is 4.09. The molecule has 1 saturated carbocycles. The van der Waals surface area contributed by atoms with Crippen molar-refractivity contribution in [3.63, 3.8) is 0 Å². The number of aromatic amines is 1. The molecule has 42 heavy (non-hydrogen) atoms. The van der Waals surface area contributed by atoms with Crippen molar-refractivity contribution in [2.45, 2.75) is 72.1 Å². The maximum atomic E-state index is 12.4. The Labute approximate surface area is 248 Å². The number of carbonyl (C=O) groups excluding carboxylic acids is 1. The number of amides is 1. The molecule has 2 aliphatic heterocycles. The van der Waals surface area contributed by atoms with Crippen LogP contribution in [0.1, 0.15) is 59.9 Å². The number of piperazine rings is 1. The Morgan fingerprint density at radius 1 is 1.12 bits per heavy atom. The molecule has 2 saturated heterocycles. The van der Waals surface area contributed by atoms with Crippen molar-refractivity contribution in [3.8, 4) is 5.75 Å². The molecular weight excluding hydrogens is 531 g/mol. The fourth-order valence-corrected chi connectivity index (χ4v) is 5.42. The average Bonchev–Trinajstić information content (AvgIpc) is 3.66. The first kappa shape index (κ1) is 29.0. The Kier molecular flexibility index (Phi) is 7.70.